The Labute approximate surface area is 138 Å². The van der Waals surface area contributed by atoms with Gasteiger partial charge in [0.05, 0.1) is 11.0 Å². The van der Waals surface area contributed by atoms with Gasteiger partial charge < -0.3 is 10.2 Å². The SMILES string of the molecule is CN(CC1(c2ccccc2)CC1)C(=O)NC[C@H]1CCCS1(=O)=O. The molecule has 1 saturated carbocycles. The van der Waals surface area contributed by atoms with Gasteiger partial charge in [-0.05, 0) is 31.2 Å². The highest BCUT2D eigenvalue weighted by molar-refractivity contribution is 7.92. The number of carbonyl (C=O) groups is 1. The van der Waals surface area contributed by atoms with Crippen molar-refractivity contribution < 1.29 is 13.2 Å². The molecule has 0 bridgehead atoms. The van der Waals surface area contributed by atoms with Crippen LogP contribution in [-0.4, -0.2) is 50.5 Å². The number of hydrogen-bond acceptors (Lipinski definition) is 3. The maximum absolute atomic E-state index is 12.3. The average Bonchev–Trinajstić information content (AvgIpc) is 3.23. The number of amides is 2. The molecule has 0 spiro atoms. The lowest BCUT2D eigenvalue weighted by atomic mass is 9.95. The monoisotopic (exact) mass is 336 g/mol. The van der Waals surface area contributed by atoms with Gasteiger partial charge in [0.1, 0.15) is 0 Å². The standard InChI is InChI=1S/C17H24N2O3S/c1-19(13-17(9-10-17)14-6-3-2-4-7-14)16(20)18-12-15-8-5-11-23(15,21)22/h2-4,6-7,15H,5,8-13H2,1H3,(H,18,20)/t15-/m1/s1. The highest BCUT2D eigenvalue weighted by Crippen LogP contribution is 2.48. The van der Waals surface area contributed by atoms with Gasteiger partial charge in [-0.1, -0.05) is 30.3 Å². The first-order valence-electron chi connectivity index (χ1n) is 8.19. The van der Waals surface area contributed by atoms with Crippen molar-refractivity contribution in [1.82, 2.24) is 10.2 Å². The molecule has 1 aromatic rings. The van der Waals surface area contributed by atoms with Crippen LogP contribution in [0.3, 0.4) is 0 Å². The lowest BCUT2D eigenvalue weighted by Crippen LogP contribution is -2.44. The van der Waals surface area contributed by atoms with E-state index in [-0.39, 0.29) is 23.7 Å². The fourth-order valence-electron chi connectivity index (χ4n) is 3.43. The van der Waals surface area contributed by atoms with Crippen molar-refractivity contribution in [3.05, 3.63) is 35.9 Å². The third kappa shape index (κ3) is 3.52. The Morgan fingerprint density at radius 1 is 1.30 bits per heavy atom. The largest absolute Gasteiger partial charge is 0.337 e. The van der Waals surface area contributed by atoms with Crippen molar-refractivity contribution in [1.29, 1.82) is 0 Å². The van der Waals surface area contributed by atoms with E-state index in [0.29, 0.717) is 19.4 Å². The van der Waals surface area contributed by atoms with E-state index >= 15 is 0 Å². The first-order valence-corrected chi connectivity index (χ1v) is 9.91. The number of likely N-dealkylation sites (N-methyl/N-ethyl adjacent to an activating group) is 1. The van der Waals surface area contributed by atoms with Crippen molar-refractivity contribution >= 4 is 15.9 Å². The molecule has 1 aliphatic carbocycles. The summed E-state index contributed by atoms with van der Waals surface area (Å²) in [4.78, 5) is 13.9. The molecular weight excluding hydrogens is 312 g/mol. The zero-order chi connectivity index (χ0) is 16.5. The van der Waals surface area contributed by atoms with Crippen LogP contribution in [0.5, 0.6) is 0 Å². The van der Waals surface area contributed by atoms with E-state index in [1.165, 1.54) is 5.56 Å². The van der Waals surface area contributed by atoms with Gasteiger partial charge in [0.25, 0.3) is 0 Å². The zero-order valence-electron chi connectivity index (χ0n) is 13.5. The van der Waals surface area contributed by atoms with Gasteiger partial charge in [-0.2, -0.15) is 0 Å². The topological polar surface area (TPSA) is 66.5 Å². The first-order chi connectivity index (χ1) is 10.9. The van der Waals surface area contributed by atoms with Gasteiger partial charge in [-0.3, -0.25) is 0 Å². The van der Waals surface area contributed by atoms with E-state index in [9.17, 15) is 13.2 Å². The molecule has 1 atom stereocenters. The number of urea groups is 1. The Balaban J connectivity index is 1.54. The lowest BCUT2D eigenvalue weighted by molar-refractivity contribution is 0.204. The van der Waals surface area contributed by atoms with E-state index in [0.717, 1.165) is 12.8 Å². The number of nitrogens with one attached hydrogen (secondary N) is 1. The first kappa shape index (κ1) is 16.3. The summed E-state index contributed by atoms with van der Waals surface area (Å²) in [7, 11) is -1.23. The van der Waals surface area contributed by atoms with E-state index in [2.05, 4.69) is 17.4 Å². The van der Waals surface area contributed by atoms with Crippen molar-refractivity contribution in [3.63, 3.8) is 0 Å². The molecule has 1 saturated heterocycles. The smallest absolute Gasteiger partial charge is 0.317 e. The number of nitrogens with zero attached hydrogens (tertiary/aromatic N) is 1. The van der Waals surface area contributed by atoms with E-state index < -0.39 is 15.1 Å². The molecule has 2 aliphatic rings. The number of sulfone groups is 1. The average molecular weight is 336 g/mol. The quantitative estimate of drug-likeness (QED) is 0.893. The number of rotatable bonds is 5. The van der Waals surface area contributed by atoms with E-state index in [1.54, 1.807) is 11.9 Å². The Kier molecular flexibility index (Phi) is 4.36. The summed E-state index contributed by atoms with van der Waals surface area (Å²) < 4.78 is 23.6. The molecule has 3 rings (SSSR count). The highest BCUT2D eigenvalue weighted by Gasteiger charge is 2.45. The van der Waals surface area contributed by atoms with E-state index in [1.807, 2.05) is 18.2 Å². The number of benzene rings is 1. The second-order valence-electron chi connectivity index (χ2n) is 6.82. The molecular formula is C17H24N2O3S. The summed E-state index contributed by atoms with van der Waals surface area (Å²) in [5.74, 6) is 0.250. The Bertz CT molecular complexity index is 668. The van der Waals surface area contributed by atoms with Crippen LogP contribution in [-0.2, 0) is 15.3 Å². The van der Waals surface area contributed by atoms with Gasteiger partial charge in [-0.15, -0.1) is 0 Å². The van der Waals surface area contributed by atoms with Crippen molar-refractivity contribution in [3.8, 4) is 0 Å². The molecule has 1 aromatic carbocycles. The zero-order valence-corrected chi connectivity index (χ0v) is 14.3. The second kappa shape index (κ2) is 6.15. The minimum absolute atomic E-state index is 0.0762. The summed E-state index contributed by atoms with van der Waals surface area (Å²) in [5.41, 5.74) is 1.35. The lowest BCUT2D eigenvalue weighted by Gasteiger charge is -2.25. The van der Waals surface area contributed by atoms with Crippen LogP contribution in [0.2, 0.25) is 0 Å². The van der Waals surface area contributed by atoms with Gasteiger partial charge in [-0.25, -0.2) is 13.2 Å². The molecule has 1 aliphatic heterocycles. The minimum Gasteiger partial charge on any atom is -0.337 e. The van der Waals surface area contributed by atoms with Gasteiger partial charge in [0.2, 0.25) is 0 Å². The summed E-state index contributed by atoms with van der Waals surface area (Å²) in [5, 5.41) is 2.38. The van der Waals surface area contributed by atoms with Crippen LogP contribution in [0, 0.1) is 0 Å². The van der Waals surface area contributed by atoms with Crippen LogP contribution in [0.1, 0.15) is 31.2 Å². The molecule has 0 radical (unpaired) electrons. The second-order valence-corrected chi connectivity index (χ2v) is 9.22. The van der Waals surface area contributed by atoms with E-state index in [4.69, 9.17) is 0 Å². The molecule has 2 fully saturated rings. The van der Waals surface area contributed by atoms with Crippen molar-refractivity contribution in [2.45, 2.75) is 36.3 Å². The number of hydrogen-bond donors (Lipinski definition) is 1. The third-order valence-corrected chi connectivity index (χ3v) is 7.35. The summed E-state index contributed by atoms with van der Waals surface area (Å²) >= 11 is 0. The molecule has 2 amide bonds. The maximum Gasteiger partial charge on any atom is 0.317 e. The fraction of sp³-hybridized carbons (Fsp3) is 0.588. The van der Waals surface area contributed by atoms with Crippen LogP contribution in [0.25, 0.3) is 0 Å². The van der Waals surface area contributed by atoms with Crippen LogP contribution in [0.15, 0.2) is 30.3 Å². The van der Waals surface area contributed by atoms with Crippen LogP contribution >= 0.6 is 0 Å². The summed E-state index contributed by atoms with van der Waals surface area (Å²) in [6.07, 6.45) is 3.54. The molecule has 0 unspecified atom stereocenters. The van der Waals surface area contributed by atoms with Gasteiger partial charge in [0.15, 0.2) is 9.84 Å². The Morgan fingerprint density at radius 3 is 2.57 bits per heavy atom. The predicted octanol–water partition coefficient (Wildman–Crippen LogP) is 1.94. The normalized spacial score (nSPS) is 24.1. The molecule has 0 aromatic heterocycles. The third-order valence-electron chi connectivity index (χ3n) is 5.07. The molecule has 6 heteroatoms. The van der Waals surface area contributed by atoms with Gasteiger partial charge in [0, 0.05) is 25.6 Å². The van der Waals surface area contributed by atoms with Crippen molar-refractivity contribution in [2.24, 2.45) is 0 Å². The Morgan fingerprint density at radius 2 is 2.00 bits per heavy atom. The fourth-order valence-corrected chi connectivity index (χ4v) is 5.20. The predicted molar refractivity (Wildman–Crippen MR) is 90.2 cm³/mol. The number of carbonyl (C=O) groups excluding carboxylic acids is 1. The van der Waals surface area contributed by atoms with Crippen molar-refractivity contribution in [2.75, 3.05) is 25.9 Å². The molecule has 126 valence electrons. The maximum atomic E-state index is 12.3. The minimum atomic E-state index is -3.01. The summed E-state index contributed by atoms with van der Waals surface area (Å²) in [6.45, 7) is 0.893. The Hall–Kier alpha value is -1.56. The molecule has 23 heavy (non-hydrogen) atoms. The van der Waals surface area contributed by atoms with Crippen LogP contribution < -0.4 is 5.32 Å². The van der Waals surface area contributed by atoms with Gasteiger partial charge >= 0.3 is 6.03 Å². The summed E-state index contributed by atoms with van der Waals surface area (Å²) in [6, 6.07) is 10.1. The highest BCUT2D eigenvalue weighted by atomic mass is 32.2. The molecule has 5 nitrogen and oxygen atoms in total. The van der Waals surface area contributed by atoms with Crippen LogP contribution in [0.4, 0.5) is 4.79 Å². The molecule has 1 heterocycles. The molecule has 1 N–H and O–H groups in total.